The molecular formula is C9H9F3N2OS. The highest BCUT2D eigenvalue weighted by Gasteiger charge is 2.28. The van der Waals surface area contributed by atoms with Crippen molar-refractivity contribution in [3.8, 4) is 5.75 Å². The number of hydrogen-bond acceptors (Lipinski definition) is 2. The van der Waals surface area contributed by atoms with Crippen molar-refractivity contribution >= 4 is 23.0 Å². The van der Waals surface area contributed by atoms with Crippen LogP contribution in [0, 0.1) is 0 Å². The number of halogens is 3. The number of alkyl halides is 3. The zero-order chi connectivity index (χ0) is 12.2. The maximum atomic E-state index is 11.9. The minimum Gasteiger partial charge on any atom is -0.482 e. The number of anilines is 1. The number of hydrogen-bond donors (Lipinski definition) is 2. The zero-order valence-electron chi connectivity index (χ0n) is 8.04. The lowest BCUT2D eigenvalue weighted by Gasteiger charge is -2.13. The number of benzene rings is 1. The number of nitrogens with two attached hydrogens (primary N) is 1. The van der Waals surface area contributed by atoms with Crippen molar-refractivity contribution < 1.29 is 17.9 Å². The van der Waals surface area contributed by atoms with E-state index in [0.29, 0.717) is 5.69 Å². The monoisotopic (exact) mass is 250 g/mol. The van der Waals surface area contributed by atoms with Crippen molar-refractivity contribution in [3.05, 3.63) is 24.3 Å². The SMILES string of the molecule is NC(=S)Nc1ccccc1OCC(F)(F)F. The van der Waals surface area contributed by atoms with Gasteiger partial charge in [0, 0.05) is 0 Å². The Bertz CT molecular complexity index is 381. The van der Waals surface area contributed by atoms with Gasteiger partial charge in [-0.05, 0) is 24.4 Å². The maximum Gasteiger partial charge on any atom is 0.422 e. The average molecular weight is 250 g/mol. The second-order valence-corrected chi connectivity index (χ2v) is 3.33. The predicted molar refractivity (Wildman–Crippen MR) is 58.4 cm³/mol. The maximum absolute atomic E-state index is 11.9. The molecule has 0 aliphatic rings. The lowest BCUT2D eigenvalue weighted by atomic mass is 10.3. The molecule has 88 valence electrons. The van der Waals surface area contributed by atoms with E-state index in [2.05, 4.69) is 22.3 Å². The van der Waals surface area contributed by atoms with Crippen LogP contribution in [0.5, 0.6) is 5.75 Å². The molecule has 3 N–H and O–H groups in total. The molecule has 0 aliphatic carbocycles. The van der Waals surface area contributed by atoms with Gasteiger partial charge in [0.15, 0.2) is 11.7 Å². The van der Waals surface area contributed by atoms with E-state index >= 15 is 0 Å². The molecule has 0 saturated carbocycles. The molecule has 1 rings (SSSR count). The molecule has 0 aromatic heterocycles. The standard InChI is InChI=1S/C9H9F3N2OS/c10-9(11,12)5-15-7-4-2-1-3-6(7)14-8(13)16/h1-4H,5H2,(H3,13,14,16). The van der Waals surface area contributed by atoms with Gasteiger partial charge in [-0.3, -0.25) is 0 Å². The van der Waals surface area contributed by atoms with E-state index in [9.17, 15) is 13.2 Å². The van der Waals surface area contributed by atoms with E-state index in [1.165, 1.54) is 12.1 Å². The largest absolute Gasteiger partial charge is 0.482 e. The van der Waals surface area contributed by atoms with Gasteiger partial charge in [-0.1, -0.05) is 12.1 Å². The highest BCUT2D eigenvalue weighted by Crippen LogP contribution is 2.25. The summed E-state index contributed by atoms with van der Waals surface area (Å²) in [5.41, 5.74) is 5.52. The molecule has 0 fully saturated rings. The molecule has 3 nitrogen and oxygen atoms in total. The van der Waals surface area contributed by atoms with Gasteiger partial charge in [-0.15, -0.1) is 0 Å². The molecule has 0 aliphatic heterocycles. The fourth-order valence-electron chi connectivity index (χ4n) is 0.988. The second kappa shape index (κ2) is 5.02. The van der Waals surface area contributed by atoms with Crippen LogP contribution in [-0.2, 0) is 0 Å². The molecule has 0 spiro atoms. The molecule has 0 radical (unpaired) electrons. The van der Waals surface area contributed by atoms with Gasteiger partial charge in [0.25, 0.3) is 0 Å². The van der Waals surface area contributed by atoms with E-state index in [4.69, 9.17) is 5.73 Å². The average Bonchev–Trinajstić information content (AvgIpc) is 2.14. The van der Waals surface area contributed by atoms with E-state index in [1.807, 2.05) is 0 Å². The van der Waals surface area contributed by atoms with E-state index < -0.39 is 12.8 Å². The highest BCUT2D eigenvalue weighted by atomic mass is 32.1. The Hall–Kier alpha value is -1.50. The summed E-state index contributed by atoms with van der Waals surface area (Å²) in [5, 5.41) is 2.49. The van der Waals surface area contributed by atoms with Gasteiger partial charge >= 0.3 is 6.18 Å². The lowest BCUT2D eigenvalue weighted by molar-refractivity contribution is -0.153. The van der Waals surface area contributed by atoms with E-state index in [1.54, 1.807) is 12.1 Å². The van der Waals surface area contributed by atoms with Crippen molar-refractivity contribution in [2.75, 3.05) is 11.9 Å². The smallest absolute Gasteiger partial charge is 0.422 e. The fourth-order valence-corrected chi connectivity index (χ4v) is 1.10. The quantitative estimate of drug-likeness (QED) is 0.808. The van der Waals surface area contributed by atoms with E-state index in [-0.39, 0.29) is 10.9 Å². The Labute approximate surface area is 95.4 Å². The van der Waals surface area contributed by atoms with Crippen molar-refractivity contribution in [3.63, 3.8) is 0 Å². The summed E-state index contributed by atoms with van der Waals surface area (Å²) in [6.07, 6.45) is -4.38. The van der Waals surface area contributed by atoms with Crippen molar-refractivity contribution in [2.45, 2.75) is 6.18 Å². The summed E-state index contributed by atoms with van der Waals surface area (Å²) in [6, 6.07) is 6.09. The Balaban J connectivity index is 2.75. The third-order valence-corrected chi connectivity index (χ3v) is 1.64. The van der Waals surface area contributed by atoms with Crippen LogP contribution in [0.3, 0.4) is 0 Å². The molecule has 16 heavy (non-hydrogen) atoms. The first-order chi connectivity index (χ1) is 7.38. The number of para-hydroxylation sites is 2. The molecule has 0 bridgehead atoms. The molecule has 0 atom stereocenters. The van der Waals surface area contributed by atoms with Crippen LogP contribution in [0.25, 0.3) is 0 Å². The van der Waals surface area contributed by atoms with Gasteiger partial charge in [-0.2, -0.15) is 13.2 Å². The second-order valence-electron chi connectivity index (χ2n) is 2.89. The third-order valence-electron chi connectivity index (χ3n) is 1.54. The number of nitrogens with one attached hydrogen (secondary N) is 1. The summed E-state index contributed by atoms with van der Waals surface area (Å²) >= 11 is 4.58. The Morgan fingerprint density at radius 3 is 2.56 bits per heavy atom. The normalized spacial score (nSPS) is 10.9. The van der Waals surface area contributed by atoms with Crippen LogP contribution in [0.4, 0.5) is 18.9 Å². The molecule has 0 amide bonds. The summed E-state index contributed by atoms with van der Waals surface area (Å²) < 4.78 is 40.4. The Kier molecular flexibility index (Phi) is 3.94. The topological polar surface area (TPSA) is 47.3 Å². The number of thiocarbonyl (C=S) groups is 1. The molecule has 0 saturated heterocycles. The molecule has 7 heteroatoms. The fraction of sp³-hybridized carbons (Fsp3) is 0.222. The van der Waals surface area contributed by atoms with Crippen LogP contribution in [0.1, 0.15) is 0 Å². The summed E-state index contributed by atoms with van der Waals surface area (Å²) in [5.74, 6) is 0.0487. The van der Waals surface area contributed by atoms with Crippen molar-refractivity contribution in [1.82, 2.24) is 0 Å². The Morgan fingerprint density at radius 1 is 1.38 bits per heavy atom. The summed E-state index contributed by atoms with van der Waals surface area (Å²) in [6.45, 7) is -1.36. The van der Waals surface area contributed by atoms with Crippen LogP contribution in [0.2, 0.25) is 0 Å². The van der Waals surface area contributed by atoms with E-state index in [0.717, 1.165) is 0 Å². The molecular weight excluding hydrogens is 241 g/mol. The molecule has 1 aromatic rings. The number of ether oxygens (including phenoxy) is 1. The molecule has 0 heterocycles. The minimum absolute atomic E-state index is 0.0388. The minimum atomic E-state index is -4.38. The Morgan fingerprint density at radius 2 is 2.00 bits per heavy atom. The molecule has 1 aromatic carbocycles. The van der Waals surface area contributed by atoms with Gasteiger partial charge in [-0.25, -0.2) is 0 Å². The van der Waals surface area contributed by atoms with Crippen molar-refractivity contribution in [1.29, 1.82) is 0 Å². The summed E-state index contributed by atoms with van der Waals surface area (Å²) in [4.78, 5) is 0. The van der Waals surface area contributed by atoms with Crippen molar-refractivity contribution in [2.24, 2.45) is 5.73 Å². The highest BCUT2D eigenvalue weighted by molar-refractivity contribution is 7.80. The first-order valence-electron chi connectivity index (χ1n) is 4.23. The van der Waals surface area contributed by atoms with Gasteiger partial charge in [0.2, 0.25) is 0 Å². The van der Waals surface area contributed by atoms with Crippen LogP contribution in [-0.4, -0.2) is 17.9 Å². The molecule has 0 unspecified atom stereocenters. The van der Waals surface area contributed by atoms with Gasteiger partial charge < -0.3 is 15.8 Å². The van der Waals surface area contributed by atoms with Crippen LogP contribution in [0.15, 0.2) is 24.3 Å². The first-order valence-corrected chi connectivity index (χ1v) is 4.64. The first kappa shape index (κ1) is 12.6. The predicted octanol–water partition coefficient (Wildman–Crippen LogP) is 2.28. The van der Waals surface area contributed by atoms with Gasteiger partial charge in [0.05, 0.1) is 5.69 Å². The zero-order valence-corrected chi connectivity index (χ0v) is 8.86. The lowest BCUT2D eigenvalue weighted by Crippen LogP contribution is -2.22. The van der Waals surface area contributed by atoms with Crippen LogP contribution >= 0.6 is 12.2 Å². The third kappa shape index (κ3) is 4.35. The van der Waals surface area contributed by atoms with Gasteiger partial charge in [0.1, 0.15) is 5.75 Å². The van der Waals surface area contributed by atoms with Crippen LogP contribution < -0.4 is 15.8 Å². The number of rotatable bonds is 3. The summed E-state index contributed by atoms with van der Waals surface area (Å²) in [7, 11) is 0.